The summed E-state index contributed by atoms with van der Waals surface area (Å²) in [6.07, 6.45) is 3.66. The predicted molar refractivity (Wildman–Crippen MR) is 149 cm³/mol. The van der Waals surface area contributed by atoms with E-state index in [0.29, 0.717) is 13.0 Å². The van der Waals surface area contributed by atoms with Crippen molar-refractivity contribution in [3.8, 4) is 11.5 Å². The molecule has 0 aromatic heterocycles. The van der Waals surface area contributed by atoms with Crippen LogP contribution in [0.15, 0.2) is 72.8 Å². The van der Waals surface area contributed by atoms with Crippen LogP contribution in [0.1, 0.15) is 54.9 Å². The molecule has 3 aromatic carbocycles. The number of hydrogen-bond donors (Lipinski definition) is 3. The van der Waals surface area contributed by atoms with E-state index >= 15 is 0 Å². The number of carbonyl (C=O) groups is 1. The number of rotatable bonds is 13. The zero-order valence-electron chi connectivity index (χ0n) is 22.0. The molecular formula is C31H38N2O4. The fourth-order valence-electron chi connectivity index (χ4n) is 4.28. The number of benzene rings is 3. The minimum Gasteiger partial charge on any atom is -0.508 e. The Balaban J connectivity index is 1.87. The number of nitrogens with zero attached hydrogens (tertiary/aromatic N) is 1. The highest BCUT2D eigenvalue weighted by atomic mass is 16.5. The SMILES string of the molecule is CC/C(=C(\c1ccc(O)cc1)c1ccc(OCCN(C)C)cc1)c1ccc(CCCCC(=O)NO)cc1. The second-order valence-electron chi connectivity index (χ2n) is 9.37. The smallest absolute Gasteiger partial charge is 0.243 e. The third-order valence-corrected chi connectivity index (χ3v) is 6.31. The molecule has 0 bridgehead atoms. The molecule has 1 amide bonds. The molecule has 0 unspecified atom stereocenters. The number of aryl methyl sites for hydroxylation is 1. The summed E-state index contributed by atoms with van der Waals surface area (Å²) in [4.78, 5) is 13.3. The Kier molecular flexibility index (Phi) is 10.7. The van der Waals surface area contributed by atoms with Crippen LogP contribution >= 0.6 is 0 Å². The topological polar surface area (TPSA) is 82.0 Å². The average molecular weight is 503 g/mol. The molecule has 6 nitrogen and oxygen atoms in total. The van der Waals surface area contributed by atoms with Crippen molar-refractivity contribution in [1.82, 2.24) is 10.4 Å². The van der Waals surface area contributed by atoms with Crippen LogP contribution in [0.3, 0.4) is 0 Å². The van der Waals surface area contributed by atoms with Gasteiger partial charge >= 0.3 is 0 Å². The minimum atomic E-state index is -0.344. The number of ether oxygens (including phenoxy) is 1. The summed E-state index contributed by atoms with van der Waals surface area (Å²) in [6.45, 7) is 3.65. The fourth-order valence-corrected chi connectivity index (χ4v) is 4.28. The number of phenols is 1. The lowest BCUT2D eigenvalue weighted by Gasteiger charge is -2.17. The standard InChI is InChI=1S/C31H38N2O4/c1-4-29(24-11-9-23(10-12-24)7-5-6-8-30(35)32-36)31(25-13-17-27(34)18-14-25)26-15-19-28(20-16-26)37-22-21-33(2)3/h9-20,34,36H,4-8,21-22H2,1-3H3,(H,32,35)/b31-29-. The minimum absolute atomic E-state index is 0.242. The number of aromatic hydroxyl groups is 1. The Hall–Kier alpha value is -3.61. The van der Waals surface area contributed by atoms with Crippen molar-refractivity contribution in [2.24, 2.45) is 0 Å². The van der Waals surface area contributed by atoms with Crippen molar-refractivity contribution < 1.29 is 19.8 Å². The van der Waals surface area contributed by atoms with Crippen molar-refractivity contribution >= 4 is 17.1 Å². The first-order valence-corrected chi connectivity index (χ1v) is 12.8. The first-order valence-electron chi connectivity index (χ1n) is 12.8. The molecule has 0 heterocycles. The van der Waals surface area contributed by atoms with Crippen LogP contribution in [0, 0.1) is 0 Å². The fraction of sp³-hybridized carbons (Fsp3) is 0.323. The Morgan fingerprint density at radius 1 is 0.865 bits per heavy atom. The van der Waals surface area contributed by atoms with Crippen LogP contribution in [-0.2, 0) is 11.2 Å². The van der Waals surface area contributed by atoms with Gasteiger partial charge in [0.25, 0.3) is 0 Å². The van der Waals surface area contributed by atoms with Crippen molar-refractivity contribution in [3.05, 3.63) is 95.1 Å². The highest BCUT2D eigenvalue weighted by Gasteiger charge is 2.14. The maximum Gasteiger partial charge on any atom is 0.243 e. The van der Waals surface area contributed by atoms with Gasteiger partial charge in [-0.25, -0.2) is 5.48 Å². The lowest BCUT2D eigenvalue weighted by Crippen LogP contribution is -2.19. The van der Waals surface area contributed by atoms with Crippen molar-refractivity contribution in [3.63, 3.8) is 0 Å². The van der Waals surface area contributed by atoms with E-state index in [9.17, 15) is 9.90 Å². The molecule has 3 rings (SSSR count). The molecule has 0 atom stereocenters. The quantitative estimate of drug-likeness (QED) is 0.117. The third-order valence-electron chi connectivity index (χ3n) is 6.31. The summed E-state index contributed by atoms with van der Waals surface area (Å²) in [6, 6.07) is 24.2. The van der Waals surface area contributed by atoms with Crippen molar-refractivity contribution in [1.29, 1.82) is 0 Å². The number of phenolic OH excluding ortho intramolecular Hbond substituents is 1. The summed E-state index contributed by atoms with van der Waals surface area (Å²) in [5.41, 5.74) is 8.53. The summed E-state index contributed by atoms with van der Waals surface area (Å²) in [5, 5.41) is 18.5. The normalized spacial score (nSPS) is 11.8. The number of nitrogens with one attached hydrogen (secondary N) is 1. The Morgan fingerprint density at radius 2 is 1.46 bits per heavy atom. The lowest BCUT2D eigenvalue weighted by atomic mass is 9.87. The molecule has 0 saturated heterocycles. The summed E-state index contributed by atoms with van der Waals surface area (Å²) in [5.74, 6) is 0.740. The summed E-state index contributed by atoms with van der Waals surface area (Å²) >= 11 is 0. The molecule has 0 aliphatic rings. The first kappa shape index (κ1) is 28.0. The number of hydroxylamine groups is 1. The van der Waals surface area contributed by atoms with E-state index in [1.807, 2.05) is 38.4 Å². The van der Waals surface area contributed by atoms with Crippen molar-refractivity contribution in [2.75, 3.05) is 27.2 Å². The number of amides is 1. The van der Waals surface area contributed by atoms with Gasteiger partial charge in [-0.2, -0.15) is 0 Å². The first-order chi connectivity index (χ1) is 17.9. The zero-order valence-corrected chi connectivity index (χ0v) is 22.0. The van der Waals surface area contributed by atoms with E-state index in [-0.39, 0.29) is 11.7 Å². The van der Waals surface area contributed by atoms with E-state index in [0.717, 1.165) is 60.2 Å². The largest absolute Gasteiger partial charge is 0.508 e. The van der Waals surface area contributed by atoms with Crippen LogP contribution in [0.5, 0.6) is 11.5 Å². The van der Waals surface area contributed by atoms with Crippen LogP contribution in [0.4, 0.5) is 0 Å². The lowest BCUT2D eigenvalue weighted by molar-refractivity contribution is -0.129. The van der Waals surface area contributed by atoms with Crippen molar-refractivity contribution in [2.45, 2.75) is 39.0 Å². The van der Waals surface area contributed by atoms with Gasteiger partial charge in [0.1, 0.15) is 18.1 Å². The molecular weight excluding hydrogens is 464 g/mol. The molecule has 0 radical (unpaired) electrons. The molecule has 6 heteroatoms. The average Bonchev–Trinajstić information content (AvgIpc) is 2.91. The number of likely N-dealkylation sites (N-methyl/N-ethyl adjacent to an activating group) is 1. The van der Waals surface area contributed by atoms with Gasteiger partial charge in [-0.3, -0.25) is 10.0 Å². The molecule has 0 saturated carbocycles. The van der Waals surface area contributed by atoms with Gasteiger partial charge in [-0.1, -0.05) is 55.5 Å². The van der Waals surface area contributed by atoms with Gasteiger partial charge in [0, 0.05) is 13.0 Å². The maximum absolute atomic E-state index is 11.2. The maximum atomic E-state index is 11.2. The van der Waals surface area contributed by atoms with E-state index in [4.69, 9.17) is 9.94 Å². The zero-order chi connectivity index (χ0) is 26.6. The van der Waals surface area contributed by atoms with Gasteiger partial charge in [0.2, 0.25) is 5.91 Å². The molecule has 0 fully saturated rings. The molecule has 3 aromatic rings. The molecule has 3 N–H and O–H groups in total. The van der Waals surface area contributed by atoms with Gasteiger partial charge < -0.3 is 14.7 Å². The number of carbonyl (C=O) groups excluding carboxylic acids is 1. The van der Waals surface area contributed by atoms with Gasteiger partial charge in [0.15, 0.2) is 0 Å². The Morgan fingerprint density at radius 3 is 2.03 bits per heavy atom. The van der Waals surface area contributed by atoms with Crippen LogP contribution < -0.4 is 10.2 Å². The molecule has 0 aliphatic carbocycles. The monoisotopic (exact) mass is 502 g/mol. The van der Waals surface area contributed by atoms with Crippen LogP contribution in [-0.4, -0.2) is 48.4 Å². The summed E-state index contributed by atoms with van der Waals surface area (Å²) < 4.78 is 5.89. The van der Waals surface area contributed by atoms with E-state index in [1.54, 1.807) is 17.6 Å². The second-order valence-corrected chi connectivity index (χ2v) is 9.37. The summed E-state index contributed by atoms with van der Waals surface area (Å²) in [7, 11) is 4.05. The predicted octanol–water partition coefficient (Wildman–Crippen LogP) is 5.92. The highest BCUT2D eigenvalue weighted by molar-refractivity contribution is 5.98. The Labute approximate surface area is 220 Å². The van der Waals surface area contributed by atoms with Gasteiger partial charge in [0.05, 0.1) is 0 Å². The highest BCUT2D eigenvalue weighted by Crippen LogP contribution is 2.35. The van der Waals surface area contributed by atoms with Crippen LogP contribution in [0.2, 0.25) is 0 Å². The third kappa shape index (κ3) is 8.48. The van der Waals surface area contributed by atoms with E-state index in [1.165, 1.54) is 11.1 Å². The Bertz CT molecular complexity index is 1150. The van der Waals surface area contributed by atoms with Gasteiger partial charge in [-0.15, -0.1) is 0 Å². The number of unbranched alkanes of at least 4 members (excludes halogenated alkanes) is 1. The molecule has 37 heavy (non-hydrogen) atoms. The van der Waals surface area contributed by atoms with E-state index < -0.39 is 0 Å². The van der Waals surface area contributed by atoms with Gasteiger partial charge in [-0.05, 0) is 97.4 Å². The molecule has 0 spiro atoms. The van der Waals surface area contributed by atoms with Crippen LogP contribution in [0.25, 0.3) is 11.1 Å². The molecule has 0 aliphatic heterocycles. The number of allylic oxidation sites excluding steroid dienone is 1. The number of hydrogen-bond acceptors (Lipinski definition) is 5. The molecule has 196 valence electrons. The second kappa shape index (κ2) is 14.2. The van der Waals surface area contributed by atoms with E-state index in [2.05, 4.69) is 48.2 Å².